The molecule has 33 heavy (non-hydrogen) atoms. The molecule has 4 aromatic rings. The number of rotatable bonds is 8. The Kier molecular flexibility index (Phi) is 6.59. The summed E-state index contributed by atoms with van der Waals surface area (Å²) in [6.07, 6.45) is 0.779. The number of hydrogen-bond donors (Lipinski definition) is 0. The highest BCUT2D eigenvalue weighted by molar-refractivity contribution is 7.23. The third kappa shape index (κ3) is 4.68. The van der Waals surface area contributed by atoms with Gasteiger partial charge in [-0.3, -0.25) is 19.8 Å². The molecule has 0 spiro atoms. The zero-order valence-electron chi connectivity index (χ0n) is 18.8. The molecule has 10 heteroatoms. The predicted molar refractivity (Wildman–Crippen MR) is 134 cm³/mol. The number of aryl methyl sites for hydroxylation is 1. The Balaban J connectivity index is 1.75. The maximum atomic E-state index is 13.6. The summed E-state index contributed by atoms with van der Waals surface area (Å²) in [7, 11) is 5.60. The number of anilines is 1. The van der Waals surface area contributed by atoms with Crippen molar-refractivity contribution in [1.29, 1.82) is 0 Å². The molecule has 0 fully saturated rings. The van der Waals surface area contributed by atoms with E-state index in [2.05, 4.69) is 4.90 Å². The van der Waals surface area contributed by atoms with Crippen molar-refractivity contribution < 1.29 is 14.5 Å². The number of methoxy groups -OCH3 is 1. The SMILES string of the molecule is COc1ccc(C)c2sc(N(CCCN(C)C)C(=O)c3cc4cc([N+](=O)[O-])ccc4s3)nc12. The van der Waals surface area contributed by atoms with E-state index in [0.29, 0.717) is 27.7 Å². The summed E-state index contributed by atoms with van der Waals surface area (Å²) in [6.45, 7) is 3.35. The number of thiophene rings is 1. The van der Waals surface area contributed by atoms with Crippen molar-refractivity contribution in [3.63, 3.8) is 0 Å². The summed E-state index contributed by atoms with van der Waals surface area (Å²) in [5.41, 5.74) is 1.83. The van der Waals surface area contributed by atoms with Crippen LogP contribution in [0.3, 0.4) is 0 Å². The van der Waals surface area contributed by atoms with Crippen molar-refractivity contribution >= 4 is 59.7 Å². The van der Waals surface area contributed by atoms with E-state index >= 15 is 0 Å². The maximum Gasteiger partial charge on any atom is 0.270 e. The van der Waals surface area contributed by atoms with E-state index in [1.165, 1.54) is 34.8 Å². The van der Waals surface area contributed by atoms with Gasteiger partial charge in [-0.05, 0) is 57.7 Å². The summed E-state index contributed by atoms with van der Waals surface area (Å²) in [4.78, 5) is 33.4. The van der Waals surface area contributed by atoms with Crippen LogP contribution in [0.1, 0.15) is 21.7 Å². The number of carbonyl (C=O) groups is 1. The highest BCUT2D eigenvalue weighted by Crippen LogP contribution is 2.38. The highest BCUT2D eigenvalue weighted by Gasteiger charge is 2.24. The Hall–Kier alpha value is -3.08. The largest absolute Gasteiger partial charge is 0.494 e. The molecular weight excluding hydrogens is 460 g/mol. The minimum absolute atomic E-state index is 0.0101. The Morgan fingerprint density at radius 3 is 2.64 bits per heavy atom. The van der Waals surface area contributed by atoms with Gasteiger partial charge in [0.2, 0.25) is 0 Å². The molecule has 0 N–H and O–H groups in total. The topological polar surface area (TPSA) is 88.8 Å². The number of carbonyl (C=O) groups excluding carboxylic acids is 1. The molecule has 1 amide bonds. The molecule has 172 valence electrons. The van der Waals surface area contributed by atoms with Crippen LogP contribution in [0.25, 0.3) is 20.3 Å². The average Bonchev–Trinajstić information content (AvgIpc) is 3.41. The van der Waals surface area contributed by atoms with Gasteiger partial charge in [-0.15, -0.1) is 11.3 Å². The lowest BCUT2D eigenvalue weighted by atomic mass is 10.2. The molecule has 2 heterocycles. The molecule has 0 unspecified atom stereocenters. The van der Waals surface area contributed by atoms with E-state index in [1.807, 2.05) is 33.2 Å². The van der Waals surface area contributed by atoms with Crippen LogP contribution in [-0.4, -0.2) is 55.0 Å². The van der Waals surface area contributed by atoms with E-state index in [4.69, 9.17) is 9.72 Å². The first-order valence-corrected chi connectivity index (χ1v) is 12.0. The smallest absolute Gasteiger partial charge is 0.270 e. The fourth-order valence-electron chi connectivity index (χ4n) is 3.59. The second-order valence-electron chi connectivity index (χ2n) is 7.96. The molecule has 0 aliphatic rings. The van der Waals surface area contributed by atoms with Crippen LogP contribution in [0.15, 0.2) is 36.4 Å². The van der Waals surface area contributed by atoms with Crippen LogP contribution in [0.2, 0.25) is 0 Å². The summed E-state index contributed by atoms with van der Waals surface area (Å²) >= 11 is 2.81. The Morgan fingerprint density at radius 2 is 1.94 bits per heavy atom. The second kappa shape index (κ2) is 9.42. The van der Waals surface area contributed by atoms with Crippen molar-refractivity contribution in [2.45, 2.75) is 13.3 Å². The van der Waals surface area contributed by atoms with Crippen LogP contribution in [0.5, 0.6) is 5.75 Å². The fraction of sp³-hybridized carbons (Fsp3) is 0.304. The molecule has 0 saturated carbocycles. The number of hydrogen-bond acceptors (Lipinski definition) is 8. The number of amides is 1. The summed E-state index contributed by atoms with van der Waals surface area (Å²) in [5.74, 6) is 0.515. The van der Waals surface area contributed by atoms with Crippen molar-refractivity contribution in [2.75, 3.05) is 39.2 Å². The lowest BCUT2D eigenvalue weighted by molar-refractivity contribution is -0.384. The second-order valence-corrected chi connectivity index (χ2v) is 10.0. The van der Waals surface area contributed by atoms with Gasteiger partial charge in [0, 0.05) is 28.8 Å². The number of non-ortho nitro benzene ring substituents is 1. The standard InChI is InChI=1S/C23H24N4O4S2/c1-14-6-8-17(31-4)20-21(14)33-23(24-20)26(11-5-10-25(2)3)22(28)19-13-15-12-16(27(29)30)7-9-18(15)32-19/h6-9,12-13H,5,10-11H2,1-4H3. The van der Waals surface area contributed by atoms with E-state index in [9.17, 15) is 14.9 Å². The minimum Gasteiger partial charge on any atom is -0.494 e. The number of aromatic nitrogens is 1. The van der Waals surface area contributed by atoms with Crippen LogP contribution in [0.4, 0.5) is 10.8 Å². The van der Waals surface area contributed by atoms with Gasteiger partial charge in [-0.1, -0.05) is 17.4 Å². The molecule has 8 nitrogen and oxygen atoms in total. The molecule has 0 aliphatic carbocycles. The quantitative estimate of drug-likeness (QED) is 0.248. The van der Waals surface area contributed by atoms with Crippen molar-refractivity contribution in [1.82, 2.24) is 9.88 Å². The van der Waals surface area contributed by atoms with E-state index < -0.39 is 4.92 Å². The first-order valence-electron chi connectivity index (χ1n) is 10.4. The van der Waals surface area contributed by atoms with Gasteiger partial charge in [0.1, 0.15) is 11.3 Å². The highest BCUT2D eigenvalue weighted by atomic mass is 32.1. The van der Waals surface area contributed by atoms with Gasteiger partial charge in [0.05, 0.1) is 21.6 Å². The molecule has 0 saturated heterocycles. The average molecular weight is 485 g/mol. The zero-order chi connectivity index (χ0) is 23.7. The molecular formula is C23H24N4O4S2. The number of benzene rings is 2. The number of nitro groups is 1. The lowest BCUT2D eigenvalue weighted by Gasteiger charge is -2.20. The number of fused-ring (bicyclic) bond motifs is 2. The van der Waals surface area contributed by atoms with Crippen molar-refractivity contribution in [3.8, 4) is 5.75 Å². The van der Waals surface area contributed by atoms with Gasteiger partial charge in [0.25, 0.3) is 11.6 Å². The number of ether oxygens (including phenoxy) is 1. The van der Waals surface area contributed by atoms with Crippen molar-refractivity contribution in [2.24, 2.45) is 0 Å². The van der Waals surface area contributed by atoms with Gasteiger partial charge >= 0.3 is 0 Å². The van der Waals surface area contributed by atoms with Crippen LogP contribution >= 0.6 is 22.7 Å². The van der Waals surface area contributed by atoms with Crippen LogP contribution in [-0.2, 0) is 0 Å². The third-order valence-electron chi connectivity index (χ3n) is 5.30. The third-order valence-corrected chi connectivity index (χ3v) is 7.61. The Bertz CT molecular complexity index is 1350. The zero-order valence-corrected chi connectivity index (χ0v) is 20.5. The van der Waals surface area contributed by atoms with Crippen molar-refractivity contribution in [3.05, 3.63) is 57.0 Å². The first kappa shape index (κ1) is 23.1. The minimum atomic E-state index is -0.428. The summed E-state index contributed by atoms with van der Waals surface area (Å²) in [6, 6.07) is 10.3. The van der Waals surface area contributed by atoms with E-state index in [-0.39, 0.29) is 11.6 Å². The molecule has 0 atom stereocenters. The lowest BCUT2D eigenvalue weighted by Crippen LogP contribution is -2.32. The first-order chi connectivity index (χ1) is 15.8. The molecule has 2 aromatic heterocycles. The summed E-state index contributed by atoms with van der Waals surface area (Å²) < 4.78 is 7.30. The molecule has 0 aliphatic heterocycles. The number of nitro benzene ring substituents is 1. The van der Waals surface area contributed by atoms with Gasteiger partial charge in [0.15, 0.2) is 5.13 Å². The Morgan fingerprint density at radius 1 is 1.15 bits per heavy atom. The van der Waals surface area contributed by atoms with Crippen LogP contribution in [0, 0.1) is 17.0 Å². The normalized spacial score (nSPS) is 11.4. The Labute approximate surface area is 199 Å². The molecule has 0 radical (unpaired) electrons. The van der Waals surface area contributed by atoms with Crippen LogP contribution < -0.4 is 9.64 Å². The maximum absolute atomic E-state index is 13.6. The molecule has 4 rings (SSSR count). The fourth-order valence-corrected chi connectivity index (χ4v) is 5.66. The number of nitrogens with zero attached hydrogens (tertiary/aromatic N) is 4. The molecule has 0 bridgehead atoms. The van der Waals surface area contributed by atoms with Gasteiger partial charge in [-0.25, -0.2) is 4.98 Å². The van der Waals surface area contributed by atoms with E-state index in [1.54, 1.807) is 24.1 Å². The summed E-state index contributed by atoms with van der Waals surface area (Å²) in [5, 5.41) is 12.4. The monoisotopic (exact) mass is 484 g/mol. The number of thiazole rings is 1. The molecule has 2 aromatic carbocycles. The van der Waals surface area contributed by atoms with Gasteiger partial charge in [-0.2, -0.15) is 0 Å². The predicted octanol–water partition coefficient (Wildman–Crippen LogP) is 5.33. The van der Waals surface area contributed by atoms with Gasteiger partial charge < -0.3 is 9.64 Å². The van der Waals surface area contributed by atoms with E-state index in [0.717, 1.165) is 33.4 Å².